The van der Waals surface area contributed by atoms with Crippen LogP contribution >= 0.6 is 0 Å². The monoisotopic (exact) mass is 248 g/mol. The number of carbonyl (C=O) groups is 1. The summed E-state index contributed by atoms with van der Waals surface area (Å²) in [4.78, 5) is 11.4. The van der Waals surface area contributed by atoms with Crippen LogP contribution in [0.2, 0.25) is 0 Å². The Morgan fingerprint density at radius 3 is 2.67 bits per heavy atom. The summed E-state index contributed by atoms with van der Waals surface area (Å²) in [5, 5.41) is 3.47. The molecule has 0 bridgehead atoms. The van der Waals surface area contributed by atoms with E-state index in [0.717, 1.165) is 5.69 Å². The van der Waals surface area contributed by atoms with E-state index in [2.05, 4.69) is 10.1 Å². The minimum Gasteiger partial charge on any atom is -0.465 e. The van der Waals surface area contributed by atoms with Gasteiger partial charge >= 0.3 is 5.97 Å². The Labute approximate surface area is 108 Å². The fourth-order valence-corrected chi connectivity index (χ4v) is 2.43. The molecule has 3 N–H and O–H groups in total. The van der Waals surface area contributed by atoms with Gasteiger partial charge in [-0.05, 0) is 31.0 Å². The summed E-state index contributed by atoms with van der Waals surface area (Å²) < 4.78 is 4.67. The number of nitrogens with one attached hydrogen (secondary N) is 1. The molecule has 1 aromatic carbocycles. The number of benzene rings is 1. The van der Waals surface area contributed by atoms with Crippen LogP contribution in [0.5, 0.6) is 0 Å². The largest absolute Gasteiger partial charge is 0.465 e. The number of esters is 1. The number of anilines is 2. The first-order valence-corrected chi connectivity index (χ1v) is 6.45. The predicted octanol–water partition coefficient (Wildman–Crippen LogP) is 2.80. The summed E-state index contributed by atoms with van der Waals surface area (Å²) in [6.07, 6.45) is 6.32. The van der Waals surface area contributed by atoms with Crippen LogP contribution in [0.15, 0.2) is 18.2 Å². The molecule has 1 fully saturated rings. The first kappa shape index (κ1) is 12.7. The van der Waals surface area contributed by atoms with Gasteiger partial charge in [0.05, 0.1) is 12.7 Å². The van der Waals surface area contributed by atoms with Crippen LogP contribution in [0, 0.1) is 0 Å². The van der Waals surface area contributed by atoms with Crippen molar-refractivity contribution in [3.8, 4) is 0 Å². The summed E-state index contributed by atoms with van der Waals surface area (Å²) in [7, 11) is 1.36. The van der Waals surface area contributed by atoms with Gasteiger partial charge in [0.25, 0.3) is 0 Å². The normalized spacial score (nSPS) is 16.3. The van der Waals surface area contributed by atoms with Gasteiger partial charge in [0, 0.05) is 17.4 Å². The molecule has 1 aliphatic rings. The molecule has 0 spiro atoms. The van der Waals surface area contributed by atoms with Gasteiger partial charge in [0.2, 0.25) is 0 Å². The Balaban J connectivity index is 2.06. The zero-order valence-corrected chi connectivity index (χ0v) is 10.7. The molecule has 1 aliphatic carbocycles. The quantitative estimate of drug-likeness (QED) is 0.637. The third kappa shape index (κ3) is 2.94. The lowest BCUT2D eigenvalue weighted by Gasteiger charge is -2.24. The fourth-order valence-electron chi connectivity index (χ4n) is 2.43. The number of rotatable bonds is 3. The molecule has 0 aromatic heterocycles. The van der Waals surface area contributed by atoms with E-state index in [1.807, 2.05) is 6.07 Å². The number of hydrogen-bond donors (Lipinski definition) is 2. The Hall–Kier alpha value is -1.71. The number of nitrogens with two attached hydrogens (primary N) is 1. The number of hydrogen-bond acceptors (Lipinski definition) is 4. The summed E-state index contributed by atoms with van der Waals surface area (Å²) in [6.45, 7) is 0. The van der Waals surface area contributed by atoms with Crippen LogP contribution < -0.4 is 11.1 Å². The van der Waals surface area contributed by atoms with E-state index >= 15 is 0 Å². The molecule has 0 heterocycles. The zero-order valence-electron chi connectivity index (χ0n) is 10.7. The van der Waals surface area contributed by atoms with Crippen molar-refractivity contribution < 1.29 is 9.53 Å². The van der Waals surface area contributed by atoms with Gasteiger partial charge in [0.15, 0.2) is 0 Å². The van der Waals surface area contributed by atoms with Crippen molar-refractivity contribution >= 4 is 17.3 Å². The molecule has 2 rings (SSSR count). The third-order valence-corrected chi connectivity index (χ3v) is 3.43. The van der Waals surface area contributed by atoms with Crippen LogP contribution in [0.25, 0.3) is 0 Å². The molecule has 0 unspecified atom stereocenters. The van der Waals surface area contributed by atoms with Crippen LogP contribution in [0.1, 0.15) is 42.5 Å². The number of nitrogen functional groups attached to an aromatic ring is 1. The molecule has 1 aromatic rings. The lowest BCUT2D eigenvalue weighted by Crippen LogP contribution is -2.22. The molecule has 0 amide bonds. The van der Waals surface area contributed by atoms with Crippen molar-refractivity contribution in [2.24, 2.45) is 0 Å². The van der Waals surface area contributed by atoms with E-state index in [0.29, 0.717) is 17.3 Å². The number of carbonyl (C=O) groups excluding carboxylic acids is 1. The van der Waals surface area contributed by atoms with E-state index in [4.69, 9.17) is 5.73 Å². The second-order valence-electron chi connectivity index (χ2n) is 4.77. The third-order valence-electron chi connectivity index (χ3n) is 3.43. The van der Waals surface area contributed by atoms with Crippen molar-refractivity contribution in [3.63, 3.8) is 0 Å². The highest BCUT2D eigenvalue weighted by Gasteiger charge is 2.14. The topological polar surface area (TPSA) is 64.3 Å². The molecule has 4 nitrogen and oxygen atoms in total. The van der Waals surface area contributed by atoms with Crippen molar-refractivity contribution in [3.05, 3.63) is 23.8 Å². The number of methoxy groups -OCH3 is 1. The van der Waals surface area contributed by atoms with Crippen LogP contribution in [0.4, 0.5) is 11.4 Å². The first-order valence-electron chi connectivity index (χ1n) is 6.45. The van der Waals surface area contributed by atoms with E-state index < -0.39 is 5.97 Å². The summed E-state index contributed by atoms with van der Waals surface area (Å²) >= 11 is 0. The van der Waals surface area contributed by atoms with Gasteiger partial charge in [0.1, 0.15) is 0 Å². The molecule has 98 valence electrons. The fraction of sp³-hybridized carbons (Fsp3) is 0.500. The maximum Gasteiger partial charge on any atom is 0.339 e. The predicted molar refractivity (Wildman–Crippen MR) is 72.7 cm³/mol. The smallest absolute Gasteiger partial charge is 0.339 e. The highest BCUT2D eigenvalue weighted by Crippen LogP contribution is 2.24. The molecule has 4 heteroatoms. The van der Waals surface area contributed by atoms with E-state index in [1.54, 1.807) is 12.1 Å². The van der Waals surface area contributed by atoms with Gasteiger partial charge < -0.3 is 15.8 Å². The summed E-state index contributed by atoms with van der Waals surface area (Å²) in [5.74, 6) is -0.392. The maximum absolute atomic E-state index is 11.4. The van der Waals surface area contributed by atoms with Crippen molar-refractivity contribution in [1.29, 1.82) is 0 Å². The average molecular weight is 248 g/mol. The van der Waals surface area contributed by atoms with E-state index in [-0.39, 0.29) is 0 Å². The summed E-state index contributed by atoms with van der Waals surface area (Å²) in [5.41, 5.74) is 7.72. The lowest BCUT2D eigenvalue weighted by atomic mass is 9.95. The Bertz CT molecular complexity index is 426. The van der Waals surface area contributed by atoms with E-state index in [9.17, 15) is 4.79 Å². The maximum atomic E-state index is 11.4. The first-order chi connectivity index (χ1) is 8.70. The lowest BCUT2D eigenvalue weighted by molar-refractivity contribution is 0.0602. The number of ether oxygens (including phenoxy) is 1. The molecular formula is C14H20N2O2. The minimum absolute atomic E-state index is 0.392. The molecule has 0 atom stereocenters. The highest BCUT2D eigenvalue weighted by atomic mass is 16.5. The minimum atomic E-state index is -0.392. The van der Waals surface area contributed by atoms with Gasteiger partial charge in [-0.1, -0.05) is 19.3 Å². The van der Waals surface area contributed by atoms with Crippen molar-refractivity contribution in [2.45, 2.75) is 38.1 Å². The Morgan fingerprint density at radius 2 is 2.06 bits per heavy atom. The molecular weight excluding hydrogens is 228 g/mol. The van der Waals surface area contributed by atoms with Crippen LogP contribution in [-0.4, -0.2) is 19.1 Å². The van der Waals surface area contributed by atoms with E-state index in [1.165, 1.54) is 39.2 Å². The van der Waals surface area contributed by atoms with Crippen LogP contribution in [0.3, 0.4) is 0 Å². The Kier molecular flexibility index (Phi) is 4.07. The second-order valence-corrected chi connectivity index (χ2v) is 4.77. The molecule has 0 aliphatic heterocycles. The van der Waals surface area contributed by atoms with Gasteiger partial charge in [-0.25, -0.2) is 4.79 Å². The Morgan fingerprint density at radius 1 is 1.33 bits per heavy atom. The second kappa shape index (κ2) is 5.76. The van der Waals surface area contributed by atoms with Crippen LogP contribution in [-0.2, 0) is 4.74 Å². The zero-order chi connectivity index (χ0) is 13.0. The molecule has 1 saturated carbocycles. The van der Waals surface area contributed by atoms with Gasteiger partial charge in [-0.3, -0.25) is 0 Å². The van der Waals surface area contributed by atoms with Crippen molar-refractivity contribution in [2.75, 3.05) is 18.2 Å². The van der Waals surface area contributed by atoms with Gasteiger partial charge in [-0.15, -0.1) is 0 Å². The van der Waals surface area contributed by atoms with Gasteiger partial charge in [-0.2, -0.15) is 0 Å². The SMILES string of the molecule is COC(=O)c1ccc(NC2CCCCC2)cc1N. The van der Waals surface area contributed by atoms with Crippen molar-refractivity contribution in [1.82, 2.24) is 0 Å². The molecule has 18 heavy (non-hydrogen) atoms. The molecule has 0 saturated heterocycles. The summed E-state index contributed by atoms with van der Waals surface area (Å²) in [6, 6.07) is 5.94. The average Bonchev–Trinajstić information content (AvgIpc) is 2.39. The standard InChI is InChI=1S/C14H20N2O2/c1-18-14(17)12-8-7-11(9-13(12)15)16-10-5-3-2-4-6-10/h7-10,16H,2-6,15H2,1H3. The highest BCUT2D eigenvalue weighted by molar-refractivity contribution is 5.95. The molecule has 0 radical (unpaired) electrons.